The number of morpholine rings is 1. The Morgan fingerprint density at radius 2 is 2.00 bits per heavy atom. The van der Waals surface area contributed by atoms with Crippen molar-refractivity contribution in [3.8, 4) is 5.75 Å². The van der Waals surface area contributed by atoms with Crippen LogP contribution in [-0.4, -0.2) is 61.7 Å². The molecule has 1 aromatic carbocycles. The summed E-state index contributed by atoms with van der Waals surface area (Å²) in [6, 6.07) is 7.87. The molecule has 1 aliphatic heterocycles. The van der Waals surface area contributed by atoms with Gasteiger partial charge in [-0.25, -0.2) is 0 Å². The van der Waals surface area contributed by atoms with Crippen LogP contribution in [0.15, 0.2) is 29.4 Å². The molecule has 138 valence electrons. The Morgan fingerprint density at radius 1 is 1.28 bits per heavy atom. The highest BCUT2D eigenvalue weighted by molar-refractivity contribution is 7.80. The Bertz CT molecular complexity index is 557. The van der Waals surface area contributed by atoms with E-state index in [2.05, 4.69) is 20.7 Å². The monoisotopic (exact) mass is 364 g/mol. The minimum atomic E-state index is 0.548. The van der Waals surface area contributed by atoms with Gasteiger partial charge in [-0.15, -0.1) is 0 Å². The SMILES string of the molecule is CCOc1ccc(/C(C)=N\NC(=S)NCCCN2CCOCC2)cc1. The Kier molecular flexibility index (Phi) is 8.65. The van der Waals surface area contributed by atoms with E-state index in [-0.39, 0.29) is 0 Å². The van der Waals surface area contributed by atoms with Gasteiger partial charge in [0.1, 0.15) is 5.75 Å². The van der Waals surface area contributed by atoms with Gasteiger partial charge in [0.25, 0.3) is 0 Å². The quantitative estimate of drug-likeness (QED) is 0.318. The van der Waals surface area contributed by atoms with Gasteiger partial charge in [-0.2, -0.15) is 5.10 Å². The van der Waals surface area contributed by atoms with Crippen LogP contribution in [0.3, 0.4) is 0 Å². The lowest BCUT2D eigenvalue weighted by atomic mass is 10.1. The van der Waals surface area contributed by atoms with Crippen LogP contribution < -0.4 is 15.5 Å². The van der Waals surface area contributed by atoms with Gasteiger partial charge in [0.15, 0.2) is 5.11 Å². The van der Waals surface area contributed by atoms with Crippen LogP contribution in [0.1, 0.15) is 25.8 Å². The van der Waals surface area contributed by atoms with Crippen molar-refractivity contribution in [3.63, 3.8) is 0 Å². The second-order valence-electron chi connectivity index (χ2n) is 5.83. The zero-order chi connectivity index (χ0) is 17.9. The highest BCUT2D eigenvalue weighted by Crippen LogP contribution is 2.12. The normalized spacial score (nSPS) is 15.7. The highest BCUT2D eigenvalue weighted by Gasteiger charge is 2.09. The third-order valence-corrected chi connectivity index (χ3v) is 4.18. The highest BCUT2D eigenvalue weighted by atomic mass is 32.1. The lowest BCUT2D eigenvalue weighted by Crippen LogP contribution is -2.39. The van der Waals surface area contributed by atoms with Crippen LogP contribution in [0.25, 0.3) is 0 Å². The minimum Gasteiger partial charge on any atom is -0.494 e. The Morgan fingerprint density at radius 3 is 2.68 bits per heavy atom. The summed E-state index contributed by atoms with van der Waals surface area (Å²) < 4.78 is 10.8. The second kappa shape index (κ2) is 11.0. The van der Waals surface area contributed by atoms with Crippen molar-refractivity contribution in [1.29, 1.82) is 0 Å². The molecule has 6 nitrogen and oxygen atoms in total. The van der Waals surface area contributed by atoms with Crippen molar-refractivity contribution in [1.82, 2.24) is 15.6 Å². The van der Waals surface area contributed by atoms with E-state index in [0.717, 1.165) is 62.8 Å². The van der Waals surface area contributed by atoms with Crippen molar-refractivity contribution in [2.75, 3.05) is 46.0 Å². The minimum absolute atomic E-state index is 0.548. The fourth-order valence-corrected chi connectivity index (χ4v) is 2.67. The molecule has 2 rings (SSSR count). The largest absolute Gasteiger partial charge is 0.494 e. The number of nitrogens with one attached hydrogen (secondary N) is 2. The first-order valence-electron chi connectivity index (χ1n) is 8.80. The van der Waals surface area contributed by atoms with Gasteiger partial charge in [0, 0.05) is 19.6 Å². The third-order valence-electron chi connectivity index (χ3n) is 3.95. The molecule has 0 spiro atoms. The van der Waals surface area contributed by atoms with Gasteiger partial charge >= 0.3 is 0 Å². The first-order chi connectivity index (χ1) is 12.2. The molecule has 1 aromatic rings. The standard InChI is InChI=1S/C18H28N4O2S/c1-3-24-17-7-5-16(6-8-17)15(2)20-21-18(25)19-9-4-10-22-11-13-23-14-12-22/h5-8H,3-4,9-14H2,1-2H3,(H2,19,21,25)/b20-15-. The van der Waals surface area contributed by atoms with Gasteiger partial charge in [0.05, 0.1) is 25.5 Å². The lowest BCUT2D eigenvalue weighted by molar-refractivity contribution is 0.0376. The van der Waals surface area contributed by atoms with Crippen molar-refractivity contribution < 1.29 is 9.47 Å². The van der Waals surface area contributed by atoms with Crippen LogP contribution >= 0.6 is 12.2 Å². The Balaban J connectivity index is 1.66. The van der Waals surface area contributed by atoms with E-state index in [1.807, 2.05) is 38.1 Å². The summed E-state index contributed by atoms with van der Waals surface area (Å²) >= 11 is 5.26. The number of thiocarbonyl (C=S) groups is 1. The Hall–Kier alpha value is -1.70. The predicted molar refractivity (Wildman–Crippen MR) is 105 cm³/mol. The van der Waals surface area contributed by atoms with Crippen LogP contribution in [0.4, 0.5) is 0 Å². The van der Waals surface area contributed by atoms with Crippen LogP contribution in [-0.2, 0) is 4.74 Å². The van der Waals surface area contributed by atoms with Crippen LogP contribution in [0.5, 0.6) is 5.75 Å². The molecule has 0 amide bonds. The third kappa shape index (κ3) is 7.37. The zero-order valence-electron chi connectivity index (χ0n) is 15.1. The average Bonchev–Trinajstić information content (AvgIpc) is 2.65. The number of rotatable bonds is 8. The van der Waals surface area contributed by atoms with Gasteiger partial charge in [-0.3, -0.25) is 10.3 Å². The number of nitrogens with zero attached hydrogens (tertiary/aromatic N) is 2. The van der Waals surface area contributed by atoms with Crippen molar-refractivity contribution >= 4 is 23.0 Å². The predicted octanol–water partition coefficient (Wildman–Crippen LogP) is 2.00. The smallest absolute Gasteiger partial charge is 0.186 e. The van der Waals surface area contributed by atoms with Crippen LogP contribution in [0.2, 0.25) is 0 Å². The average molecular weight is 365 g/mol. The molecular weight excluding hydrogens is 336 g/mol. The summed E-state index contributed by atoms with van der Waals surface area (Å²) in [6.45, 7) is 10.2. The molecule has 0 radical (unpaired) electrons. The van der Waals surface area contributed by atoms with E-state index in [0.29, 0.717) is 11.7 Å². The summed E-state index contributed by atoms with van der Waals surface area (Å²) in [4.78, 5) is 2.41. The van der Waals surface area contributed by atoms with Crippen molar-refractivity contribution in [3.05, 3.63) is 29.8 Å². The van der Waals surface area contributed by atoms with E-state index in [1.54, 1.807) is 0 Å². The first-order valence-corrected chi connectivity index (χ1v) is 9.21. The summed E-state index contributed by atoms with van der Waals surface area (Å²) in [6.07, 6.45) is 1.05. The van der Waals surface area contributed by atoms with Crippen LogP contribution in [0, 0.1) is 0 Å². The molecule has 2 N–H and O–H groups in total. The van der Waals surface area contributed by atoms with E-state index in [9.17, 15) is 0 Å². The molecule has 1 aliphatic rings. The summed E-state index contributed by atoms with van der Waals surface area (Å²) in [7, 11) is 0. The summed E-state index contributed by atoms with van der Waals surface area (Å²) in [5.41, 5.74) is 4.81. The first kappa shape index (κ1) is 19.6. The molecule has 1 heterocycles. The molecule has 7 heteroatoms. The molecule has 0 unspecified atom stereocenters. The lowest BCUT2D eigenvalue weighted by Gasteiger charge is -2.26. The van der Waals surface area contributed by atoms with E-state index in [4.69, 9.17) is 21.7 Å². The second-order valence-corrected chi connectivity index (χ2v) is 6.24. The number of hydrazone groups is 1. The van der Waals surface area contributed by atoms with E-state index >= 15 is 0 Å². The Labute approximate surface area is 155 Å². The topological polar surface area (TPSA) is 58.1 Å². The molecule has 0 atom stereocenters. The van der Waals surface area contributed by atoms with Gasteiger partial charge in [0.2, 0.25) is 0 Å². The maximum atomic E-state index is 5.44. The fraction of sp³-hybridized carbons (Fsp3) is 0.556. The van der Waals surface area contributed by atoms with Crippen molar-refractivity contribution in [2.24, 2.45) is 5.10 Å². The fourth-order valence-electron chi connectivity index (χ4n) is 2.53. The number of benzene rings is 1. The molecule has 25 heavy (non-hydrogen) atoms. The van der Waals surface area contributed by atoms with E-state index in [1.165, 1.54) is 0 Å². The maximum absolute atomic E-state index is 5.44. The molecule has 0 saturated carbocycles. The number of hydrogen-bond donors (Lipinski definition) is 2. The molecule has 0 aliphatic carbocycles. The van der Waals surface area contributed by atoms with E-state index < -0.39 is 0 Å². The molecule has 1 saturated heterocycles. The maximum Gasteiger partial charge on any atom is 0.186 e. The van der Waals surface area contributed by atoms with Gasteiger partial charge < -0.3 is 14.8 Å². The summed E-state index contributed by atoms with van der Waals surface area (Å²) in [5, 5.41) is 8.07. The van der Waals surface area contributed by atoms with Gasteiger partial charge in [-0.1, -0.05) is 0 Å². The summed E-state index contributed by atoms with van der Waals surface area (Å²) in [5.74, 6) is 0.865. The molecule has 0 aromatic heterocycles. The van der Waals surface area contributed by atoms with Gasteiger partial charge in [-0.05, 0) is 68.9 Å². The molecular formula is C18H28N4O2S. The molecule has 1 fully saturated rings. The molecule has 0 bridgehead atoms. The van der Waals surface area contributed by atoms with Crippen molar-refractivity contribution in [2.45, 2.75) is 20.3 Å². The number of ether oxygens (including phenoxy) is 2. The zero-order valence-corrected chi connectivity index (χ0v) is 15.9. The number of hydrogen-bond acceptors (Lipinski definition) is 5.